The Morgan fingerprint density at radius 1 is 1.00 bits per heavy atom. The summed E-state index contributed by atoms with van der Waals surface area (Å²) >= 11 is 0. The molecule has 0 radical (unpaired) electrons. The number of hydrogen-bond acceptors (Lipinski definition) is 6. The lowest BCUT2D eigenvalue weighted by Crippen LogP contribution is -2.36. The van der Waals surface area contributed by atoms with Gasteiger partial charge in [-0.05, 0) is 35.4 Å². The molecule has 3 aromatic rings. The molecule has 2 aromatic carbocycles. The van der Waals surface area contributed by atoms with E-state index in [4.69, 9.17) is 9.72 Å². The van der Waals surface area contributed by atoms with Gasteiger partial charge in [0.15, 0.2) is 9.84 Å². The lowest BCUT2D eigenvalue weighted by Gasteiger charge is -2.27. The Morgan fingerprint density at radius 3 is 2.54 bits per heavy atom. The molecule has 26 heavy (non-hydrogen) atoms. The van der Waals surface area contributed by atoms with Crippen LogP contribution in [0.25, 0.3) is 22.2 Å². The molecule has 6 nitrogen and oxygen atoms in total. The first-order valence-electron chi connectivity index (χ1n) is 8.41. The Morgan fingerprint density at radius 2 is 1.77 bits per heavy atom. The lowest BCUT2D eigenvalue weighted by atomic mass is 10.1. The maximum absolute atomic E-state index is 11.8. The quantitative estimate of drug-likeness (QED) is 0.706. The maximum atomic E-state index is 11.8. The van der Waals surface area contributed by atoms with E-state index < -0.39 is 9.84 Å². The molecule has 0 aliphatic carbocycles. The number of ether oxygens (including phenoxy) is 1. The van der Waals surface area contributed by atoms with Gasteiger partial charge in [-0.25, -0.2) is 13.4 Å². The van der Waals surface area contributed by atoms with Crippen molar-refractivity contribution in [2.45, 2.75) is 4.90 Å². The van der Waals surface area contributed by atoms with E-state index in [-0.39, 0.29) is 0 Å². The van der Waals surface area contributed by atoms with Crippen LogP contribution in [0.5, 0.6) is 0 Å². The zero-order valence-electron chi connectivity index (χ0n) is 14.4. The normalized spacial score (nSPS) is 15.3. The molecule has 0 unspecified atom stereocenters. The minimum atomic E-state index is -3.24. The van der Waals surface area contributed by atoms with Crippen molar-refractivity contribution < 1.29 is 13.2 Å². The van der Waals surface area contributed by atoms with Crippen LogP contribution in [-0.4, -0.2) is 50.9 Å². The minimum absolute atomic E-state index is 0.309. The van der Waals surface area contributed by atoms with Crippen molar-refractivity contribution >= 4 is 26.7 Å². The number of morpholine rings is 1. The van der Waals surface area contributed by atoms with E-state index in [9.17, 15) is 8.42 Å². The highest BCUT2D eigenvalue weighted by atomic mass is 32.2. The zero-order chi connectivity index (χ0) is 18.1. The van der Waals surface area contributed by atoms with Crippen LogP contribution in [0.4, 0.5) is 5.82 Å². The van der Waals surface area contributed by atoms with Crippen molar-refractivity contribution in [3.63, 3.8) is 0 Å². The van der Waals surface area contributed by atoms with E-state index in [2.05, 4.69) is 9.88 Å². The van der Waals surface area contributed by atoms with Gasteiger partial charge in [0.05, 0.1) is 35.3 Å². The Hall–Kier alpha value is -2.51. The molecule has 1 fully saturated rings. The van der Waals surface area contributed by atoms with Crippen LogP contribution in [0.3, 0.4) is 0 Å². The Kier molecular flexibility index (Phi) is 4.34. The van der Waals surface area contributed by atoms with Crippen LogP contribution in [0.2, 0.25) is 0 Å². The van der Waals surface area contributed by atoms with Gasteiger partial charge in [0.25, 0.3) is 0 Å². The lowest BCUT2D eigenvalue weighted by molar-refractivity contribution is 0.122. The number of anilines is 1. The first-order chi connectivity index (χ1) is 12.5. The highest BCUT2D eigenvalue weighted by molar-refractivity contribution is 7.90. The standard InChI is InChI=1S/C19H19N3O3S/c1-26(23,24)16-4-2-3-14(11-16)15-5-6-17-18(12-15)21-19(13-20-17)22-7-9-25-10-8-22/h2-6,11-13H,7-10H2,1H3. The highest BCUT2D eigenvalue weighted by Crippen LogP contribution is 2.26. The Bertz CT molecular complexity index is 1060. The summed E-state index contributed by atoms with van der Waals surface area (Å²) in [6.07, 6.45) is 3.00. The molecule has 0 atom stereocenters. The molecule has 0 saturated carbocycles. The minimum Gasteiger partial charge on any atom is -0.378 e. The molecule has 1 saturated heterocycles. The fraction of sp³-hybridized carbons (Fsp3) is 0.263. The molecule has 1 aliphatic heterocycles. The second kappa shape index (κ2) is 6.66. The second-order valence-corrected chi connectivity index (χ2v) is 8.35. The van der Waals surface area contributed by atoms with E-state index in [0.29, 0.717) is 18.1 Å². The number of rotatable bonds is 3. The molecule has 4 rings (SSSR count). The number of aromatic nitrogens is 2. The average molecular weight is 369 g/mol. The molecule has 7 heteroatoms. The molecule has 0 amide bonds. The van der Waals surface area contributed by atoms with Gasteiger partial charge < -0.3 is 9.64 Å². The molecule has 2 heterocycles. The van der Waals surface area contributed by atoms with Gasteiger partial charge in [-0.2, -0.15) is 0 Å². The molecular weight excluding hydrogens is 350 g/mol. The molecular formula is C19H19N3O3S. The second-order valence-electron chi connectivity index (χ2n) is 6.33. The summed E-state index contributed by atoms with van der Waals surface area (Å²) in [5.41, 5.74) is 3.35. The third kappa shape index (κ3) is 3.40. The molecule has 0 spiro atoms. The van der Waals surface area contributed by atoms with Crippen molar-refractivity contribution in [1.82, 2.24) is 9.97 Å². The number of sulfone groups is 1. The Balaban J connectivity index is 1.75. The van der Waals surface area contributed by atoms with E-state index >= 15 is 0 Å². The van der Waals surface area contributed by atoms with Crippen LogP contribution >= 0.6 is 0 Å². The van der Waals surface area contributed by atoms with E-state index in [1.807, 2.05) is 24.3 Å². The molecule has 0 bridgehead atoms. The van der Waals surface area contributed by atoms with Crippen LogP contribution in [0.1, 0.15) is 0 Å². The average Bonchev–Trinajstić information content (AvgIpc) is 2.67. The van der Waals surface area contributed by atoms with E-state index in [0.717, 1.165) is 41.1 Å². The summed E-state index contributed by atoms with van der Waals surface area (Å²) in [5.74, 6) is 0.836. The van der Waals surface area contributed by atoms with Gasteiger partial charge in [-0.15, -0.1) is 0 Å². The highest BCUT2D eigenvalue weighted by Gasteiger charge is 2.14. The predicted molar refractivity (Wildman–Crippen MR) is 101 cm³/mol. The number of fused-ring (bicyclic) bond motifs is 1. The van der Waals surface area contributed by atoms with Gasteiger partial charge in [-0.1, -0.05) is 18.2 Å². The van der Waals surface area contributed by atoms with Gasteiger partial charge in [0.1, 0.15) is 5.82 Å². The summed E-state index contributed by atoms with van der Waals surface area (Å²) in [5, 5.41) is 0. The largest absolute Gasteiger partial charge is 0.378 e. The predicted octanol–water partition coefficient (Wildman–Crippen LogP) is 2.54. The summed E-state index contributed by atoms with van der Waals surface area (Å²) in [6, 6.07) is 12.8. The summed E-state index contributed by atoms with van der Waals surface area (Å²) in [6.45, 7) is 2.99. The van der Waals surface area contributed by atoms with Gasteiger partial charge >= 0.3 is 0 Å². The fourth-order valence-corrected chi connectivity index (χ4v) is 3.70. The fourth-order valence-electron chi connectivity index (χ4n) is 3.03. The van der Waals surface area contributed by atoms with Crippen LogP contribution in [-0.2, 0) is 14.6 Å². The Labute approximate surface area is 152 Å². The number of nitrogens with zero attached hydrogens (tertiary/aromatic N) is 3. The third-order valence-electron chi connectivity index (χ3n) is 4.46. The smallest absolute Gasteiger partial charge is 0.175 e. The zero-order valence-corrected chi connectivity index (χ0v) is 15.2. The topological polar surface area (TPSA) is 72.4 Å². The first kappa shape index (κ1) is 16.9. The van der Waals surface area contributed by atoms with Gasteiger partial charge in [0, 0.05) is 19.3 Å². The summed E-state index contributed by atoms with van der Waals surface area (Å²) < 4.78 is 29.0. The van der Waals surface area contributed by atoms with E-state index in [1.165, 1.54) is 6.26 Å². The summed E-state index contributed by atoms with van der Waals surface area (Å²) in [7, 11) is -3.24. The third-order valence-corrected chi connectivity index (χ3v) is 5.57. The monoisotopic (exact) mass is 369 g/mol. The maximum Gasteiger partial charge on any atom is 0.175 e. The molecule has 1 aliphatic rings. The first-order valence-corrected chi connectivity index (χ1v) is 10.3. The van der Waals surface area contributed by atoms with Crippen molar-refractivity contribution in [2.24, 2.45) is 0 Å². The number of hydrogen-bond donors (Lipinski definition) is 0. The SMILES string of the molecule is CS(=O)(=O)c1cccc(-c2ccc3ncc(N4CCOCC4)nc3c2)c1. The molecule has 134 valence electrons. The van der Waals surface area contributed by atoms with E-state index in [1.54, 1.807) is 24.4 Å². The van der Waals surface area contributed by atoms with Gasteiger partial charge in [0.2, 0.25) is 0 Å². The number of benzene rings is 2. The van der Waals surface area contributed by atoms with Crippen molar-refractivity contribution in [2.75, 3.05) is 37.5 Å². The van der Waals surface area contributed by atoms with Crippen molar-refractivity contribution in [1.29, 1.82) is 0 Å². The van der Waals surface area contributed by atoms with Crippen molar-refractivity contribution in [3.05, 3.63) is 48.7 Å². The van der Waals surface area contributed by atoms with Crippen LogP contribution < -0.4 is 4.90 Å². The van der Waals surface area contributed by atoms with Crippen LogP contribution in [0, 0.1) is 0 Å². The van der Waals surface area contributed by atoms with Gasteiger partial charge in [-0.3, -0.25) is 4.98 Å². The summed E-state index contributed by atoms with van der Waals surface area (Å²) in [4.78, 5) is 11.7. The molecule has 0 N–H and O–H groups in total. The molecule has 1 aromatic heterocycles. The van der Waals surface area contributed by atoms with Crippen LogP contribution in [0.15, 0.2) is 53.6 Å². The van der Waals surface area contributed by atoms with Crippen molar-refractivity contribution in [3.8, 4) is 11.1 Å².